The fourth-order valence-corrected chi connectivity index (χ4v) is 1.62. The summed E-state index contributed by atoms with van der Waals surface area (Å²) in [6, 6.07) is 8.07. The van der Waals surface area contributed by atoms with Crippen LogP contribution in [0.2, 0.25) is 0 Å². The molecule has 0 aromatic carbocycles. The molecule has 0 amide bonds. The normalized spacial score (nSPS) is 11.0. The Balaban J connectivity index is 0.000000121. The minimum atomic E-state index is 1.57. The SMILES string of the molecule is C1=CNOC=C1.c1ccsc1.c1ccsc1. The molecule has 3 heterocycles. The van der Waals surface area contributed by atoms with Crippen LogP contribution in [0.4, 0.5) is 0 Å². The Hall–Kier alpha value is -1.52. The molecule has 3 rings (SSSR count). The first kappa shape index (κ1) is 12.5. The van der Waals surface area contributed by atoms with Crippen LogP contribution in [-0.2, 0) is 4.84 Å². The number of rotatable bonds is 0. The number of nitrogens with one attached hydrogen (secondary N) is 1. The van der Waals surface area contributed by atoms with Crippen molar-refractivity contribution in [1.82, 2.24) is 5.48 Å². The van der Waals surface area contributed by atoms with Crippen LogP contribution >= 0.6 is 22.7 Å². The maximum Gasteiger partial charge on any atom is 0.119 e. The summed E-state index contributed by atoms with van der Waals surface area (Å²) in [5.41, 5.74) is 2.52. The van der Waals surface area contributed by atoms with Gasteiger partial charge in [-0.2, -0.15) is 22.7 Å². The lowest BCUT2D eigenvalue weighted by atomic mass is 10.6. The second kappa shape index (κ2) is 10.0. The third-order valence-electron chi connectivity index (χ3n) is 1.34. The summed E-state index contributed by atoms with van der Waals surface area (Å²) >= 11 is 3.43. The summed E-state index contributed by atoms with van der Waals surface area (Å²) in [5.74, 6) is 0. The Morgan fingerprint density at radius 1 is 0.750 bits per heavy atom. The molecule has 1 N–H and O–H groups in total. The number of hydrogen-bond donors (Lipinski definition) is 1. The molecular weight excluding hydrogens is 238 g/mol. The molecule has 0 radical (unpaired) electrons. The lowest BCUT2D eigenvalue weighted by Crippen LogP contribution is -2.01. The predicted molar refractivity (Wildman–Crippen MR) is 71.1 cm³/mol. The highest BCUT2D eigenvalue weighted by atomic mass is 32.1. The second-order valence-corrected chi connectivity index (χ2v) is 4.14. The first-order valence-corrected chi connectivity index (χ1v) is 6.56. The van der Waals surface area contributed by atoms with E-state index in [9.17, 15) is 0 Å². The first-order chi connectivity index (χ1) is 8.00. The van der Waals surface area contributed by atoms with Crippen molar-refractivity contribution in [2.45, 2.75) is 0 Å². The lowest BCUT2D eigenvalue weighted by molar-refractivity contribution is 0.172. The van der Waals surface area contributed by atoms with Crippen LogP contribution in [0.25, 0.3) is 0 Å². The number of allylic oxidation sites excluding steroid dienone is 2. The van der Waals surface area contributed by atoms with Crippen LogP contribution in [0.1, 0.15) is 0 Å². The molecule has 0 saturated heterocycles. The van der Waals surface area contributed by atoms with E-state index in [0.29, 0.717) is 0 Å². The van der Waals surface area contributed by atoms with Gasteiger partial charge < -0.3 is 4.84 Å². The smallest absolute Gasteiger partial charge is 0.119 e. The fraction of sp³-hybridized carbons (Fsp3) is 0. The van der Waals surface area contributed by atoms with Gasteiger partial charge in [-0.1, -0.05) is 24.3 Å². The Morgan fingerprint density at radius 3 is 1.44 bits per heavy atom. The molecule has 4 heteroatoms. The van der Waals surface area contributed by atoms with E-state index >= 15 is 0 Å². The van der Waals surface area contributed by atoms with Crippen LogP contribution < -0.4 is 5.48 Å². The summed E-state index contributed by atoms with van der Waals surface area (Å²) in [5, 5.41) is 8.17. The number of hydrogen-bond acceptors (Lipinski definition) is 4. The van der Waals surface area contributed by atoms with Crippen molar-refractivity contribution in [1.29, 1.82) is 0 Å². The lowest BCUT2D eigenvalue weighted by Gasteiger charge is -1.97. The van der Waals surface area contributed by atoms with Gasteiger partial charge in [0.05, 0.1) is 0 Å². The maximum atomic E-state index is 4.55. The molecule has 0 saturated carbocycles. The van der Waals surface area contributed by atoms with E-state index in [1.807, 2.05) is 51.9 Å². The molecule has 0 spiro atoms. The molecule has 2 aromatic rings. The average Bonchev–Trinajstić information content (AvgIpc) is 3.10. The van der Waals surface area contributed by atoms with Crippen LogP contribution in [0, 0.1) is 0 Å². The summed E-state index contributed by atoms with van der Waals surface area (Å²) in [6.07, 6.45) is 6.93. The van der Waals surface area contributed by atoms with E-state index in [0.717, 1.165) is 0 Å². The molecule has 0 bridgehead atoms. The van der Waals surface area contributed by atoms with E-state index in [1.165, 1.54) is 0 Å². The van der Waals surface area contributed by atoms with Crippen molar-refractivity contribution in [3.05, 3.63) is 70.4 Å². The Labute approximate surface area is 103 Å². The minimum Gasteiger partial charge on any atom is -0.391 e. The summed E-state index contributed by atoms with van der Waals surface area (Å²) in [6.45, 7) is 0. The molecular formula is C12H13NOS2. The van der Waals surface area contributed by atoms with Gasteiger partial charge in [0.2, 0.25) is 0 Å². The van der Waals surface area contributed by atoms with Gasteiger partial charge in [0, 0.05) is 6.20 Å². The molecule has 16 heavy (non-hydrogen) atoms. The van der Waals surface area contributed by atoms with Gasteiger partial charge in [-0.25, -0.2) is 5.48 Å². The van der Waals surface area contributed by atoms with Gasteiger partial charge >= 0.3 is 0 Å². The minimum absolute atomic E-state index is 1.57. The number of hydroxylamine groups is 1. The van der Waals surface area contributed by atoms with Crippen molar-refractivity contribution in [2.24, 2.45) is 0 Å². The molecule has 1 aliphatic heterocycles. The summed E-state index contributed by atoms with van der Waals surface area (Å²) < 4.78 is 0. The van der Waals surface area contributed by atoms with Crippen molar-refractivity contribution < 1.29 is 4.84 Å². The summed E-state index contributed by atoms with van der Waals surface area (Å²) in [4.78, 5) is 4.55. The van der Waals surface area contributed by atoms with Crippen LogP contribution in [0.3, 0.4) is 0 Å². The topological polar surface area (TPSA) is 21.3 Å². The van der Waals surface area contributed by atoms with E-state index in [-0.39, 0.29) is 0 Å². The van der Waals surface area contributed by atoms with E-state index in [4.69, 9.17) is 0 Å². The van der Waals surface area contributed by atoms with Gasteiger partial charge in [0.1, 0.15) is 6.26 Å². The van der Waals surface area contributed by atoms with Crippen LogP contribution in [0.5, 0.6) is 0 Å². The molecule has 0 aliphatic carbocycles. The van der Waals surface area contributed by atoms with Crippen molar-refractivity contribution in [3.63, 3.8) is 0 Å². The van der Waals surface area contributed by atoms with Gasteiger partial charge in [0.25, 0.3) is 0 Å². The van der Waals surface area contributed by atoms with Crippen LogP contribution in [-0.4, -0.2) is 0 Å². The molecule has 0 unspecified atom stereocenters. The zero-order valence-electron chi connectivity index (χ0n) is 8.65. The summed E-state index contributed by atoms with van der Waals surface area (Å²) in [7, 11) is 0. The van der Waals surface area contributed by atoms with Gasteiger partial charge in [0.15, 0.2) is 0 Å². The Bertz CT molecular complexity index is 293. The predicted octanol–water partition coefficient (Wildman–Crippen LogP) is 4.04. The van der Waals surface area contributed by atoms with Crippen molar-refractivity contribution in [3.8, 4) is 0 Å². The molecule has 84 valence electrons. The molecule has 0 fully saturated rings. The van der Waals surface area contributed by atoms with Crippen molar-refractivity contribution >= 4 is 22.7 Å². The van der Waals surface area contributed by atoms with E-state index in [2.05, 4.69) is 10.3 Å². The van der Waals surface area contributed by atoms with E-state index in [1.54, 1.807) is 41.2 Å². The Morgan fingerprint density at radius 2 is 1.31 bits per heavy atom. The highest BCUT2D eigenvalue weighted by Crippen LogP contribution is 1.92. The molecule has 0 atom stereocenters. The van der Waals surface area contributed by atoms with Crippen molar-refractivity contribution in [2.75, 3.05) is 0 Å². The third-order valence-corrected chi connectivity index (χ3v) is 2.60. The molecule has 2 nitrogen and oxygen atoms in total. The maximum absolute atomic E-state index is 4.55. The number of thiophene rings is 2. The fourth-order valence-electron chi connectivity index (χ4n) is 0.712. The zero-order chi connectivity index (χ0) is 11.3. The standard InChI is InChI=1S/C4H5NO.2C4H4S/c1-2-4-6-5-3-1;2*1-2-4-5-3-1/h1-5H;2*1-4H. The monoisotopic (exact) mass is 251 g/mol. The largest absolute Gasteiger partial charge is 0.391 e. The zero-order valence-corrected chi connectivity index (χ0v) is 10.3. The van der Waals surface area contributed by atoms with E-state index < -0.39 is 0 Å². The third kappa shape index (κ3) is 7.84. The van der Waals surface area contributed by atoms with Crippen LogP contribution in [0.15, 0.2) is 70.4 Å². The second-order valence-electron chi connectivity index (χ2n) is 2.51. The molecule has 2 aromatic heterocycles. The highest BCUT2D eigenvalue weighted by molar-refractivity contribution is 7.08. The first-order valence-electron chi connectivity index (χ1n) is 4.67. The molecule has 1 aliphatic rings. The Kier molecular flexibility index (Phi) is 7.85. The highest BCUT2D eigenvalue weighted by Gasteiger charge is 1.72. The van der Waals surface area contributed by atoms with Gasteiger partial charge in [-0.05, 0) is 33.7 Å². The van der Waals surface area contributed by atoms with Gasteiger partial charge in [-0.3, -0.25) is 0 Å². The quantitative estimate of drug-likeness (QED) is 0.763. The average molecular weight is 251 g/mol. The van der Waals surface area contributed by atoms with Gasteiger partial charge in [-0.15, -0.1) is 0 Å².